The van der Waals surface area contributed by atoms with Gasteiger partial charge >= 0.3 is 0 Å². The van der Waals surface area contributed by atoms with E-state index in [0.717, 1.165) is 10.2 Å². The molecule has 0 radical (unpaired) electrons. The van der Waals surface area contributed by atoms with Crippen molar-refractivity contribution in [2.75, 3.05) is 12.4 Å². The molecule has 0 aliphatic heterocycles. The number of hydrogen-bond acceptors (Lipinski definition) is 3. The number of benzene rings is 2. The largest absolute Gasteiger partial charge is 0.493 e. The molecule has 2 aromatic carbocycles. The van der Waals surface area contributed by atoms with Crippen LogP contribution >= 0.6 is 15.9 Å². The van der Waals surface area contributed by atoms with Crippen LogP contribution in [0.4, 0.5) is 5.69 Å². The number of carbonyl (C=O) groups excluding carboxylic acids is 1. The molecule has 0 heterocycles. The van der Waals surface area contributed by atoms with Gasteiger partial charge in [-0.25, -0.2) is 0 Å². The van der Waals surface area contributed by atoms with Crippen LogP contribution in [0.5, 0.6) is 11.5 Å². The highest BCUT2D eigenvalue weighted by molar-refractivity contribution is 9.10. The van der Waals surface area contributed by atoms with Gasteiger partial charge < -0.3 is 14.8 Å². The van der Waals surface area contributed by atoms with Crippen LogP contribution < -0.4 is 14.8 Å². The zero-order valence-corrected chi connectivity index (χ0v) is 13.4. The molecular formula is C16H16BrNO3. The van der Waals surface area contributed by atoms with E-state index >= 15 is 0 Å². The van der Waals surface area contributed by atoms with Gasteiger partial charge in [0.25, 0.3) is 5.91 Å². The monoisotopic (exact) mass is 349 g/mol. The summed E-state index contributed by atoms with van der Waals surface area (Å²) in [5.74, 6) is 0.919. The Kier molecular flexibility index (Phi) is 5.22. The van der Waals surface area contributed by atoms with E-state index in [2.05, 4.69) is 21.2 Å². The van der Waals surface area contributed by atoms with Crippen molar-refractivity contribution < 1.29 is 14.3 Å². The molecule has 0 saturated carbocycles. The quantitative estimate of drug-likeness (QED) is 0.891. The van der Waals surface area contributed by atoms with Crippen molar-refractivity contribution >= 4 is 27.5 Å². The highest BCUT2D eigenvalue weighted by Gasteiger charge is 2.16. The Bertz CT molecular complexity index is 613. The number of rotatable bonds is 5. The topological polar surface area (TPSA) is 47.6 Å². The first-order valence-corrected chi connectivity index (χ1v) is 7.25. The Morgan fingerprint density at radius 1 is 1.10 bits per heavy atom. The standard InChI is InChI=1S/C16H16BrNO3/c1-11(21-15-6-4-3-5-14(15)20-2)16(19)18-13-9-7-12(17)8-10-13/h3-11H,1-2H3,(H,18,19). The first-order valence-electron chi connectivity index (χ1n) is 6.46. The molecule has 0 bridgehead atoms. The maximum Gasteiger partial charge on any atom is 0.265 e. The number of amides is 1. The molecule has 1 N–H and O–H groups in total. The van der Waals surface area contributed by atoms with E-state index in [1.807, 2.05) is 36.4 Å². The fourth-order valence-electron chi connectivity index (χ4n) is 1.74. The fourth-order valence-corrected chi connectivity index (χ4v) is 2.00. The molecule has 110 valence electrons. The first kappa shape index (κ1) is 15.4. The number of hydrogen-bond donors (Lipinski definition) is 1. The van der Waals surface area contributed by atoms with Crippen LogP contribution in [0, 0.1) is 0 Å². The number of halogens is 1. The van der Waals surface area contributed by atoms with Gasteiger partial charge in [-0.05, 0) is 43.3 Å². The Morgan fingerprint density at radius 3 is 2.33 bits per heavy atom. The molecule has 5 heteroatoms. The van der Waals surface area contributed by atoms with E-state index in [-0.39, 0.29) is 5.91 Å². The van der Waals surface area contributed by atoms with Gasteiger partial charge in [0.05, 0.1) is 7.11 Å². The number of anilines is 1. The normalized spacial score (nSPS) is 11.6. The molecule has 0 fully saturated rings. The summed E-state index contributed by atoms with van der Waals surface area (Å²) in [7, 11) is 1.56. The van der Waals surface area contributed by atoms with Crippen molar-refractivity contribution in [1.29, 1.82) is 0 Å². The third-order valence-electron chi connectivity index (χ3n) is 2.85. The zero-order chi connectivity index (χ0) is 15.2. The van der Waals surface area contributed by atoms with E-state index in [9.17, 15) is 4.79 Å². The summed E-state index contributed by atoms with van der Waals surface area (Å²) in [6, 6.07) is 14.6. The van der Waals surface area contributed by atoms with Crippen molar-refractivity contribution in [3.8, 4) is 11.5 Å². The SMILES string of the molecule is COc1ccccc1OC(C)C(=O)Nc1ccc(Br)cc1. The number of nitrogens with one attached hydrogen (secondary N) is 1. The zero-order valence-electron chi connectivity index (χ0n) is 11.8. The molecule has 0 saturated heterocycles. The smallest absolute Gasteiger partial charge is 0.265 e. The van der Waals surface area contributed by atoms with Gasteiger partial charge in [-0.15, -0.1) is 0 Å². The third-order valence-corrected chi connectivity index (χ3v) is 3.38. The molecule has 0 aliphatic rings. The van der Waals surface area contributed by atoms with Gasteiger partial charge in [-0.2, -0.15) is 0 Å². The Balaban J connectivity index is 2.01. The summed E-state index contributed by atoms with van der Waals surface area (Å²) in [5.41, 5.74) is 0.721. The van der Waals surface area contributed by atoms with Crippen LogP contribution in [-0.2, 0) is 4.79 Å². The Labute approximate surface area is 132 Å². The molecule has 2 aromatic rings. The highest BCUT2D eigenvalue weighted by Crippen LogP contribution is 2.27. The van der Waals surface area contributed by atoms with Crippen LogP contribution in [0.15, 0.2) is 53.0 Å². The fraction of sp³-hybridized carbons (Fsp3) is 0.188. The number of ether oxygens (including phenoxy) is 2. The highest BCUT2D eigenvalue weighted by atomic mass is 79.9. The minimum absolute atomic E-state index is 0.219. The molecule has 21 heavy (non-hydrogen) atoms. The lowest BCUT2D eigenvalue weighted by atomic mass is 10.3. The van der Waals surface area contributed by atoms with Crippen LogP contribution in [0.25, 0.3) is 0 Å². The maximum atomic E-state index is 12.1. The second kappa shape index (κ2) is 7.13. The van der Waals surface area contributed by atoms with Gasteiger partial charge in [-0.3, -0.25) is 4.79 Å². The van der Waals surface area contributed by atoms with Crippen molar-refractivity contribution in [1.82, 2.24) is 0 Å². The molecule has 0 spiro atoms. The summed E-state index contributed by atoms with van der Waals surface area (Å²) in [4.78, 5) is 12.1. The van der Waals surface area contributed by atoms with Crippen LogP contribution in [-0.4, -0.2) is 19.1 Å². The lowest BCUT2D eigenvalue weighted by Gasteiger charge is -2.16. The minimum atomic E-state index is -0.634. The third kappa shape index (κ3) is 4.23. The predicted molar refractivity (Wildman–Crippen MR) is 85.9 cm³/mol. The van der Waals surface area contributed by atoms with Crippen molar-refractivity contribution in [3.63, 3.8) is 0 Å². The average molecular weight is 350 g/mol. The average Bonchev–Trinajstić information content (AvgIpc) is 2.50. The summed E-state index contributed by atoms with van der Waals surface area (Å²) in [5, 5.41) is 2.80. The van der Waals surface area contributed by atoms with E-state index in [0.29, 0.717) is 11.5 Å². The molecule has 2 rings (SSSR count). The first-order chi connectivity index (χ1) is 10.1. The summed E-state index contributed by atoms with van der Waals surface area (Å²) in [6.07, 6.45) is -0.634. The molecule has 1 unspecified atom stereocenters. The Morgan fingerprint density at radius 2 is 1.71 bits per heavy atom. The molecular weight excluding hydrogens is 334 g/mol. The van der Waals surface area contributed by atoms with Crippen molar-refractivity contribution in [3.05, 3.63) is 53.0 Å². The minimum Gasteiger partial charge on any atom is -0.493 e. The van der Waals surface area contributed by atoms with Gasteiger partial charge in [-0.1, -0.05) is 28.1 Å². The molecule has 4 nitrogen and oxygen atoms in total. The van der Waals surface area contributed by atoms with E-state index in [1.54, 1.807) is 26.2 Å². The van der Waals surface area contributed by atoms with Crippen molar-refractivity contribution in [2.45, 2.75) is 13.0 Å². The predicted octanol–water partition coefficient (Wildman–Crippen LogP) is 3.86. The van der Waals surface area contributed by atoms with Crippen LogP contribution in [0.1, 0.15) is 6.92 Å². The summed E-state index contributed by atoms with van der Waals surface area (Å²) in [6.45, 7) is 1.70. The van der Waals surface area contributed by atoms with E-state index in [4.69, 9.17) is 9.47 Å². The Hall–Kier alpha value is -2.01. The molecule has 0 aliphatic carbocycles. The van der Waals surface area contributed by atoms with Crippen LogP contribution in [0.3, 0.4) is 0 Å². The lowest BCUT2D eigenvalue weighted by Crippen LogP contribution is -2.30. The van der Waals surface area contributed by atoms with Gasteiger partial charge in [0.15, 0.2) is 17.6 Å². The summed E-state index contributed by atoms with van der Waals surface area (Å²) < 4.78 is 11.8. The molecule has 0 aromatic heterocycles. The van der Waals surface area contributed by atoms with E-state index in [1.165, 1.54) is 0 Å². The van der Waals surface area contributed by atoms with E-state index < -0.39 is 6.10 Å². The van der Waals surface area contributed by atoms with Gasteiger partial charge in [0.1, 0.15) is 0 Å². The molecule has 1 amide bonds. The number of para-hydroxylation sites is 2. The molecule has 1 atom stereocenters. The maximum absolute atomic E-state index is 12.1. The van der Waals surface area contributed by atoms with Crippen molar-refractivity contribution in [2.24, 2.45) is 0 Å². The second-order valence-electron chi connectivity index (χ2n) is 4.41. The van der Waals surface area contributed by atoms with Gasteiger partial charge in [0.2, 0.25) is 0 Å². The lowest BCUT2D eigenvalue weighted by molar-refractivity contribution is -0.122. The second-order valence-corrected chi connectivity index (χ2v) is 5.32. The van der Waals surface area contributed by atoms with Crippen LogP contribution in [0.2, 0.25) is 0 Å². The summed E-state index contributed by atoms with van der Waals surface area (Å²) >= 11 is 3.35. The van der Waals surface area contributed by atoms with Gasteiger partial charge in [0, 0.05) is 10.2 Å². The number of carbonyl (C=O) groups is 1. The number of methoxy groups -OCH3 is 1.